The highest BCUT2D eigenvalue weighted by molar-refractivity contribution is 6.00. The fraction of sp³-hybridized carbons (Fsp3) is 0.333. The van der Waals surface area contributed by atoms with Gasteiger partial charge in [0.2, 0.25) is 11.4 Å². The van der Waals surface area contributed by atoms with E-state index in [-0.39, 0.29) is 12.3 Å². The summed E-state index contributed by atoms with van der Waals surface area (Å²) in [5.41, 5.74) is 0.891. The second-order valence-corrected chi connectivity index (χ2v) is 5.65. The van der Waals surface area contributed by atoms with Crippen LogP contribution in [0.4, 0.5) is 29.3 Å². The first-order valence-electron chi connectivity index (χ1n) is 7.37. The molecule has 4 rings (SSSR count). The molecule has 0 spiro atoms. The van der Waals surface area contributed by atoms with Gasteiger partial charge in [0.15, 0.2) is 25.0 Å². The summed E-state index contributed by atoms with van der Waals surface area (Å²) in [7, 11) is 0. The molecule has 10 heteroatoms. The minimum Gasteiger partial charge on any atom is -0.473 e. The van der Waals surface area contributed by atoms with E-state index in [1.807, 2.05) is 0 Å². The zero-order valence-electron chi connectivity index (χ0n) is 12.6. The summed E-state index contributed by atoms with van der Waals surface area (Å²) < 4.78 is 48.3. The predicted octanol–water partition coefficient (Wildman–Crippen LogP) is 1.98. The fourth-order valence-corrected chi connectivity index (χ4v) is 2.92. The molecule has 3 aliphatic rings. The van der Waals surface area contributed by atoms with Crippen LogP contribution in [-0.4, -0.2) is 48.6 Å². The van der Waals surface area contributed by atoms with E-state index in [0.717, 1.165) is 4.90 Å². The Kier molecular flexibility index (Phi) is 3.48. The molecule has 1 unspecified atom stereocenters. The van der Waals surface area contributed by atoms with Crippen molar-refractivity contribution in [1.29, 1.82) is 0 Å². The van der Waals surface area contributed by atoms with Crippen LogP contribution in [-0.2, 0) is 4.74 Å². The molecule has 0 aromatic heterocycles. The standard InChI is InChI=1S/C15H12F3N3O4/c16-15(17,18)13(22)10-6-21(14(23)25-10)9-3-1-2-8-12(9)24-7-11-19-4-5-20(8)11/h1-5,10,13,22H,6-7H2/q+1/t10-,13?/m1/s1. The third kappa shape index (κ3) is 2.53. The monoisotopic (exact) mass is 355 g/mol. The number of carbonyl (C=O) groups excluding carboxylic acids is 1. The van der Waals surface area contributed by atoms with Crippen LogP contribution >= 0.6 is 0 Å². The average Bonchev–Trinajstić information content (AvgIpc) is 3.19. The molecule has 3 heterocycles. The topological polar surface area (TPSA) is 77.3 Å². The van der Waals surface area contributed by atoms with Crippen LogP contribution in [0, 0.1) is 0 Å². The number of ether oxygens (including phenoxy) is 2. The van der Waals surface area contributed by atoms with E-state index >= 15 is 0 Å². The van der Waals surface area contributed by atoms with Gasteiger partial charge in [0.1, 0.15) is 0 Å². The van der Waals surface area contributed by atoms with Gasteiger partial charge in [-0.15, -0.1) is 0 Å². The first kappa shape index (κ1) is 15.9. The van der Waals surface area contributed by atoms with Gasteiger partial charge in [-0.25, -0.2) is 4.79 Å². The van der Waals surface area contributed by atoms with E-state index in [2.05, 4.69) is 4.99 Å². The van der Waals surface area contributed by atoms with Crippen LogP contribution in [0.5, 0.6) is 5.75 Å². The lowest BCUT2D eigenvalue weighted by atomic mass is 10.1. The molecule has 1 aromatic carbocycles. The molecule has 1 radical (unpaired) electrons. The van der Waals surface area contributed by atoms with Gasteiger partial charge in [-0.3, -0.25) is 4.90 Å². The normalized spacial score (nSPS) is 23.7. The maximum Gasteiger partial charge on any atom is 0.418 e. The lowest BCUT2D eigenvalue weighted by Crippen LogP contribution is -2.42. The SMILES string of the molecule is O=C1O[C@@H](C(O)C(F)(F)F)CN1c1cccc2c1OCC1=NC=C[N+]12. The van der Waals surface area contributed by atoms with Crippen molar-refractivity contribution in [2.75, 3.05) is 18.1 Å². The molecule has 1 saturated heterocycles. The van der Waals surface area contributed by atoms with Crippen LogP contribution in [0.3, 0.4) is 0 Å². The molecule has 0 bridgehead atoms. The Bertz CT molecular complexity index is 793. The van der Waals surface area contributed by atoms with E-state index in [9.17, 15) is 23.1 Å². The van der Waals surface area contributed by atoms with Crippen molar-refractivity contribution < 1.29 is 32.5 Å². The number of aliphatic imine (C=N–C) groups is 1. The Balaban J connectivity index is 1.65. The Morgan fingerprint density at radius 2 is 2.20 bits per heavy atom. The summed E-state index contributed by atoms with van der Waals surface area (Å²) in [6.45, 7) is -0.273. The van der Waals surface area contributed by atoms with Crippen LogP contribution in [0.1, 0.15) is 0 Å². The highest BCUT2D eigenvalue weighted by Crippen LogP contribution is 2.43. The number of alkyl halides is 3. The number of cyclic esters (lactones) is 1. The first-order chi connectivity index (χ1) is 11.9. The number of aliphatic hydroxyl groups excluding tert-OH is 1. The Morgan fingerprint density at radius 1 is 1.40 bits per heavy atom. The van der Waals surface area contributed by atoms with Gasteiger partial charge in [0, 0.05) is 6.07 Å². The number of anilines is 2. The van der Waals surface area contributed by atoms with Crippen molar-refractivity contribution in [2.24, 2.45) is 4.99 Å². The van der Waals surface area contributed by atoms with E-state index in [4.69, 9.17) is 9.47 Å². The zero-order valence-corrected chi connectivity index (χ0v) is 12.6. The largest absolute Gasteiger partial charge is 0.473 e. The summed E-state index contributed by atoms with van der Waals surface area (Å²) in [6, 6.07) is 4.93. The van der Waals surface area contributed by atoms with E-state index in [1.165, 1.54) is 0 Å². The number of aliphatic hydroxyl groups is 1. The molecule has 25 heavy (non-hydrogen) atoms. The summed E-state index contributed by atoms with van der Waals surface area (Å²) in [5.74, 6) is 1.01. The summed E-state index contributed by atoms with van der Waals surface area (Å²) in [4.78, 5) is 19.0. The summed E-state index contributed by atoms with van der Waals surface area (Å²) >= 11 is 0. The number of rotatable bonds is 2. The second kappa shape index (κ2) is 5.46. The van der Waals surface area contributed by atoms with Crippen LogP contribution < -0.4 is 14.5 Å². The molecule has 7 nitrogen and oxygen atoms in total. The van der Waals surface area contributed by atoms with Crippen LogP contribution in [0.25, 0.3) is 0 Å². The van der Waals surface area contributed by atoms with Gasteiger partial charge in [0.25, 0.3) is 0 Å². The second-order valence-electron chi connectivity index (χ2n) is 5.65. The van der Waals surface area contributed by atoms with Gasteiger partial charge in [-0.2, -0.15) is 18.2 Å². The number of nitrogens with zero attached hydrogens (tertiary/aromatic N) is 3. The van der Waals surface area contributed by atoms with Gasteiger partial charge in [-0.05, 0) is 11.0 Å². The summed E-state index contributed by atoms with van der Waals surface area (Å²) in [5, 5.41) is 9.34. The Labute approximate surface area is 139 Å². The number of fused-ring (bicyclic) bond motifs is 3. The van der Waals surface area contributed by atoms with Crippen molar-refractivity contribution in [3.05, 3.63) is 30.6 Å². The Hall–Kier alpha value is -2.59. The third-order valence-corrected chi connectivity index (χ3v) is 4.11. The van der Waals surface area contributed by atoms with Crippen molar-refractivity contribution in [3.8, 4) is 5.75 Å². The molecule has 1 fully saturated rings. The van der Waals surface area contributed by atoms with Gasteiger partial charge in [-0.1, -0.05) is 6.07 Å². The molecular formula is C15H12F3N3O4+. The lowest BCUT2D eigenvalue weighted by Gasteiger charge is -2.22. The van der Waals surface area contributed by atoms with E-state index in [1.54, 1.807) is 35.5 Å². The quantitative estimate of drug-likeness (QED) is 0.823. The van der Waals surface area contributed by atoms with Crippen molar-refractivity contribution in [3.63, 3.8) is 0 Å². The number of amides is 1. The summed E-state index contributed by atoms with van der Waals surface area (Å²) in [6.07, 6.45) is -6.97. The van der Waals surface area contributed by atoms with Crippen LogP contribution in [0.15, 0.2) is 35.6 Å². The Morgan fingerprint density at radius 3 is 2.96 bits per heavy atom. The highest BCUT2D eigenvalue weighted by Gasteiger charge is 2.50. The molecule has 0 aliphatic carbocycles. The number of benzene rings is 1. The number of para-hydroxylation sites is 1. The van der Waals surface area contributed by atoms with E-state index in [0.29, 0.717) is 17.3 Å². The molecule has 3 aliphatic heterocycles. The molecule has 1 N–H and O–H groups in total. The van der Waals surface area contributed by atoms with Crippen LogP contribution in [0.2, 0.25) is 0 Å². The maximum absolute atomic E-state index is 12.7. The molecule has 1 amide bonds. The third-order valence-electron chi connectivity index (χ3n) is 4.11. The van der Waals surface area contributed by atoms with Crippen molar-refractivity contribution in [2.45, 2.75) is 18.4 Å². The van der Waals surface area contributed by atoms with Crippen molar-refractivity contribution in [1.82, 2.24) is 4.90 Å². The smallest absolute Gasteiger partial charge is 0.418 e. The number of hydrogen-bond acceptors (Lipinski definition) is 6. The molecule has 2 atom stereocenters. The number of amidine groups is 1. The fourth-order valence-electron chi connectivity index (χ4n) is 2.92. The molecule has 0 saturated carbocycles. The number of carbonyl (C=O) groups is 1. The molecule has 131 valence electrons. The predicted molar refractivity (Wildman–Crippen MR) is 80.0 cm³/mol. The highest BCUT2D eigenvalue weighted by atomic mass is 19.4. The van der Waals surface area contributed by atoms with E-state index < -0.39 is 31.0 Å². The van der Waals surface area contributed by atoms with Gasteiger partial charge >= 0.3 is 18.1 Å². The average molecular weight is 355 g/mol. The first-order valence-corrected chi connectivity index (χ1v) is 7.37. The molecular weight excluding hydrogens is 343 g/mol. The van der Waals surface area contributed by atoms with Gasteiger partial charge in [0.05, 0.1) is 18.4 Å². The molecule has 1 aromatic rings. The minimum atomic E-state index is -4.88. The van der Waals surface area contributed by atoms with Gasteiger partial charge < -0.3 is 14.6 Å². The minimum absolute atomic E-state index is 0.161. The number of hydrogen-bond donors (Lipinski definition) is 1. The lowest BCUT2D eigenvalue weighted by molar-refractivity contribution is -0.224. The number of halogens is 3. The maximum atomic E-state index is 12.7. The van der Waals surface area contributed by atoms with Crippen molar-refractivity contribution >= 4 is 23.3 Å². The zero-order chi connectivity index (χ0) is 17.8.